The van der Waals surface area contributed by atoms with E-state index in [-0.39, 0.29) is 0 Å². The molecule has 2 aliphatic heterocycles. The minimum atomic E-state index is -3.19. The van der Waals surface area contributed by atoms with E-state index < -0.39 is 9.84 Å². The van der Waals surface area contributed by atoms with Crippen LogP contribution in [0.25, 0.3) is 0 Å². The Hall–Kier alpha value is -1.80. The van der Waals surface area contributed by atoms with E-state index in [9.17, 15) is 8.42 Å². The van der Waals surface area contributed by atoms with Crippen LogP contribution in [-0.4, -0.2) is 79.7 Å². The van der Waals surface area contributed by atoms with Crippen LogP contribution in [0.4, 0.5) is 0 Å². The number of likely N-dealkylation sites (tertiary alicyclic amines) is 1. The number of rotatable bonds is 6. The van der Waals surface area contributed by atoms with Crippen molar-refractivity contribution < 1.29 is 8.42 Å². The predicted molar refractivity (Wildman–Crippen MR) is 124 cm³/mol. The fourth-order valence-electron chi connectivity index (χ4n) is 4.91. The van der Waals surface area contributed by atoms with Crippen molar-refractivity contribution in [1.29, 1.82) is 0 Å². The molecule has 1 aromatic heterocycles. The topological polar surface area (TPSA) is 56.8 Å². The number of pyridine rings is 1. The van der Waals surface area contributed by atoms with Crippen molar-refractivity contribution in [2.45, 2.75) is 43.3 Å². The SMILES string of the molecule is CS(=O)(=O)c1ccccc1CN1CCC(N2CCCN(Cc3ccccn3)CC2)CC1. The Balaban J connectivity index is 1.27. The summed E-state index contributed by atoms with van der Waals surface area (Å²) in [4.78, 5) is 12.6. The summed E-state index contributed by atoms with van der Waals surface area (Å²) in [5, 5.41) is 0. The van der Waals surface area contributed by atoms with Crippen molar-refractivity contribution in [2.24, 2.45) is 0 Å². The molecule has 2 fully saturated rings. The molecule has 0 radical (unpaired) electrons. The highest BCUT2D eigenvalue weighted by Gasteiger charge is 2.27. The summed E-state index contributed by atoms with van der Waals surface area (Å²) < 4.78 is 24.2. The number of aromatic nitrogens is 1. The number of hydrogen-bond acceptors (Lipinski definition) is 6. The van der Waals surface area contributed by atoms with Crippen LogP contribution in [0.2, 0.25) is 0 Å². The smallest absolute Gasteiger partial charge is 0.175 e. The molecule has 168 valence electrons. The lowest BCUT2D eigenvalue weighted by Crippen LogP contribution is -2.46. The molecule has 0 N–H and O–H groups in total. The maximum absolute atomic E-state index is 12.1. The quantitative estimate of drug-likeness (QED) is 0.686. The molecule has 0 spiro atoms. The van der Waals surface area contributed by atoms with Gasteiger partial charge in [-0.1, -0.05) is 24.3 Å². The lowest BCUT2D eigenvalue weighted by atomic mass is 10.0. The van der Waals surface area contributed by atoms with E-state index >= 15 is 0 Å². The molecule has 1 aromatic carbocycles. The van der Waals surface area contributed by atoms with Gasteiger partial charge in [-0.2, -0.15) is 0 Å². The third-order valence-corrected chi connectivity index (χ3v) is 7.77. The molecule has 0 atom stereocenters. The summed E-state index contributed by atoms with van der Waals surface area (Å²) in [6.45, 7) is 8.22. The van der Waals surface area contributed by atoms with Crippen LogP contribution in [0.5, 0.6) is 0 Å². The van der Waals surface area contributed by atoms with Gasteiger partial charge in [0.05, 0.1) is 10.6 Å². The van der Waals surface area contributed by atoms with Crippen LogP contribution in [0, 0.1) is 0 Å². The molecule has 2 aromatic rings. The summed E-state index contributed by atoms with van der Waals surface area (Å²) in [5.74, 6) is 0. The van der Waals surface area contributed by atoms with Crippen molar-refractivity contribution in [3.8, 4) is 0 Å². The van der Waals surface area contributed by atoms with Gasteiger partial charge in [0.25, 0.3) is 0 Å². The van der Waals surface area contributed by atoms with E-state index in [1.807, 2.05) is 30.5 Å². The monoisotopic (exact) mass is 442 g/mol. The van der Waals surface area contributed by atoms with E-state index in [0.29, 0.717) is 17.5 Å². The van der Waals surface area contributed by atoms with Crippen LogP contribution >= 0.6 is 0 Å². The number of benzene rings is 1. The first-order chi connectivity index (χ1) is 15.0. The molecule has 7 heteroatoms. The van der Waals surface area contributed by atoms with Crippen molar-refractivity contribution in [2.75, 3.05) is 45.5 Å². The minimum Gasteiger partial charge on any atom is -0.299 e. The van der Waals surface area contributed by atoms with Gasteiger partial charge in [0, 0.05) is 44.7 Å². The van der Waals surface area contributed by atoms with Gasteiger partial charge >= 0.3 is 0 Å². The Kier molecular flexibility index (Phi) is 7.38. The van der Waals surface area contributed by atoms with Gasteiger partial charge in [0.15, 0.2) is 9.84 Å². The second-order valence-corrected chi connectivity index (χ2v) is 10.9. The molecule has 0 aliphatic carbocycles. The lowest BCUT2D eigenvalue weighted by Gasteiger charge is -2.38. The highest BCUT2D eigenvalue weighted by Crippen LogP contribution is 2.23. The van der Waals surface area contributed by atoms with E-state index in [2.05, 4.69) is 31.8 Å². The second kappa shape index (κ2) is 10.2. The van der Waals surface area contributed by atoms with Gasteiger partial charge in [-0.15, -0.1) is 0 Å². The normalized spacial score (nSPS) is 20.5. The van der Waals surface area contributed by atoms with Crippen molar-refractivity contribution in [3.63, 3.8) is 0 Å². The summed E-state index contributed by atoms with van der Waals surface area (Å²) in [6, 6.07) is 14.2. The summed E-state index contributed by atoms with van der Waals surface area (Å²) >= 11 is 0. The minimum absolute atomic E-state index is 0.470. The van der Waals surface area contributed by atoms with Gasteiger partial charge in [-0.05, 0) is 69.2 Å². The average molecular weight is 443 g/mol. The highest BCUT2D eigenvalue weighted by atomic mass is 32.2. The molecule has 0 bridgehead atoms. The zero-order valence-electron chi connectivity index (χ0n) is 18.5. The van der Waals surface area contributed by atoms with Crippen LogP contribution in [0.1, 0.15) is 30.5 Å². The zero-order valence-corrected chi connectivity index (χ0v) is 19.3. The van der Waals surface area contributed by atoms with Crippen LogP contribution in [0.15, 0.2) is 53.6 Å². The van der Waals surface area contributed by atoms with Crippen molar-refractivity contribution in [3.05, 3.63) is 59.9 Å². The second-order valence-electron chi connectivity index (χ2n) is 8.87. The third-order valence-electron chi connectivity index (χ3n) is 6.57. The number of sulfone groups is 1. The van der Waals surface area contributed by atoms with E-state index in [1.54, 1.807) is 6.07 Å². The molecule has 31 heavy (non-hydrogen) atoms. The van der Waals surface area contributed by atoms with Crippen LogP contribution in [-0.2, 0) is 22.9 Å². The first kappa shape index (κ1) is 22.4. The van der Waals surface area contributed by atoms with Gasteiger partial charge in [0.2, 0.25) is 0 Å². The van der Waals surface area contributed by atoms with Crippen LogP contribution < -0.4 is 0 Å². The maximum atomic E-state index is 12.1. The molecular formula is C24H34N4O2S. The molecule has 0 saturated carbocycles. The molecule has 3 heterocycles. The standard InChI is InChI=1S/C24H34N4O2S/c1-31(29,30)24-9-3-2-7-21(24)19-27-15-10-23(11-16-27)28-14-6-13-26(17-18-28)20-22-8-4-5-12-25-22/h2-5,7-9,12,23H,6,10-11,13-20H2,1H3. The third kappa shape index (κ3) is 6.13. The molecule has 0 unspecified atom stereocenters. The van der Waals surface area contributed by atoms with E-state index in [0.717, 1.165) is 63.4 Å². The first-order valence-corrected chi connectivity index (χ1v) is 13.2. The Bertz CT molecular complexity index is 943. The lowest BCUT2D eigenvalue weighted by molar-refractivity contribution is 0.106. The van der Waals surface area contributed by atoms with Gasteiger partial charge < -0.3 is 0 Å². The van der Waals surface area contributed by atoms with Gasteiger partial charge in [-0.25, -0.2) is 8.42 Å². The molecule has 0 amide bonds. The van der Waals surface area contributed by atoms with Gasteiger partial charge in [-0.3, -0.25) is 19.7 Å². The number of nitrogens with zero attached hydrogens (tertiary/aromatic N) is 4. The Morgan fingerprint density at radius 3 is 2.35 bits per heavy atom. The maximum Gasteiger partial charge on any atom is 0.175 e. The molecule has 6 nitrogen and oxygen atoms in total. The largest absolute Gasteiger partial charge is 0.299 e. The Morgan fingerprint density at radius 2 is 1.61 bits per heavy atom. The zero-order chi connectivity index (χ0) is 21.7. The summed E-state index contributed by atoms with van der Waals surface area (Å²) in [5.41, 5.74) is 2.07. The molecule has 2 saturated heterocycles. The Morgan fingerprint density at radius 1 is 0.871 bits per heavy atom. The predicted octanol–water partition coefficient (Wildman–Crippen LogP) is 2.66. The van der Waals surface area contributed by atoms with Crippen molar-refractivity contribution in [1.82, 2.24) is 19.7 Å². The molecule has 2 aliphatic rings. The summed E-state index contributed by atoms with van der Waals surface area (Å²) in [7, 11) is -3.19. The van der Waals surface area contributed by atoms with Gasteiger partial charge in [0.1, 0.15) is 0 Å². The van der Waals surface area contributed by atoms with Crippen molar-refractivity contribution >= 4 is 9.84 Å². The fourth-order valence-corrected chi connectivity index (χ4v) is 5.85. The summed E-state index contributed by atoms with van der Waals surface area (Å²) in [6.07, 6.45) is 6.69. The number of piperidine rings is 1. The highest BCUT2D eigenvalue weighted by molar-refractivity contribution is 7.90. The molecular weight excluding hydrogens is 408 g/mol. The average Bonchev–Trinajstić information content (AvgIpc) is 3.00. The van der Waals surface area contributed by atoms with Crippen LogP contribution in [0.3, 0.4) is 0 Å². The first-order valence-electron chi connectivity index (χ1n) is 11.4. The number of hydrogen-bond donors (Lipinski definition) is 0. The Labute approximate surface area is 186 Å². The van der Waals surface area contributed by atoms with E-state index in [1.165, 1.54) is 19.2 Å². The fraction of sp³-hybridized carbons (Fsp3) is 0.542. The molecule has 4 rings (SSSR count). The van der Waals surface area contributed by atoms with E-state index in [4.69, 9.17) is 0 Å².